The summed E-state index contributed by atoms with van der Waals surface area (Å²) in [6.07, 6.45) is 4.50. The molecule has 0 aliphatic rings. The summed E-state index contributed by atoms with van der Waals surface area (Å²) in [4.78, 5) is 16.8. The number of aromatic nitrogens is 1. The summed E-state index contributed by atoms with van der Waals surface area (Å²) in [5.74, 6) is 0.885. The van der Waals surface area contributed by atoms with E-state index in [1.165, 1.54) is 22.5 Å². The van der Waals surface area contributed by atoms with Crippen molar-refractivity contribution >= 4 is 28.5 Å². The number of anilines is 1. The second kappa shape index (κ2) is 9.66. The fraction of sp³-hybridized carbons (Fsp3) is 0.280. The van der Waals surface area contributed by atoms with Crippen molar-refractivity contribution in [3.63, 3.8) is 0 Å². The molecule has 1 amide bonds. The van der Waals surface area contributed by atoms with Crippen LogP contribution in [0, 0.1) is 0 Å². The maximum absolute atomic E-state index is 12.2. The van der Waals surface area contributed by atoms with Crippen LogP contribution in [-0.2, 0) is 4.79 Å². The first-order chi connectivity index (χ1) is 14.0. The Morgan fingerprint density at radius 2 is 1.69 bits per heavy atom. The standard InChI is InChI=1S/C25H28N2OS/c1-5-18(4)21-11-13-22(14-12-21)23-16-29-25(26-23)27-24(28)15-8-19-6-9-20(10-7-19)17(2)3/h6-18H,5H2,1-4H3,(H,26,27,28). The Morgan fingerprint density at radius 1 is 1.03 bits per heavy atom. The molecule has 2 aromatic carbocycles. The highest BCUT2D eigenvalue weighted by molar-refractivity contribution is 7.14. The molecule has 0 saturated carbocycles. The van der Waals surface area contributed by atoms with E-state index in [-0.39, 0.29) is 5.91 Å². The maximum atomic E-state index is 12.2. The lowest BCUT2D eigenvalue weighted by Gasteiger charge is -2.08. The van der Waals surface area contributed by atoms with Crippen molar-refractivity contribution in [3.8, 4) is 11.3 Å². The molecule has 0 spiro atoms. The largest absolute Gasteiger partial charge is 0.298 e. The quantitative estimate of drug-likeness (QED) is 0.427. The number of nitrogens with zero attached hydrogens (tertiary/aromatic N) is 1. The Morgan fingerprint density at radius 3 is 2.31 bits per heavy atom. The van der Waals surface area contributed by atoms with Gasteiger partial charge in [0.05, 0.1) is 5.69 Å². The van der Waals surface area contributed by atoms with Crippen LogP contribution in [0.4, 0.5) is 5.13 Å². The van der Waals surface area contributed by atoms with Crippen molar-refractivity contribution in [2.24, 2.45) is 0 Å². The van der Waals surface area contributed by atoms with Gasteiger partial charge < -0.3 is 0 Å². The van der Waals surface area contributed by atoms with Gasteiger partial charge in [-0.15, -0.1) is 11.3 Å². The number of carbonyl (C=O) groups excluding carboxylic acids is 1. The Hall–Kier alpha value is -2.72. The first-order valence-electron chi connectivity index (χ1n) is 10.1. The van der Waals surface area contributed by atoms with Crippen LogP contribution in [0.2, 0.25) is 0 Å². The van der Waals surface area contributed by atoms with Gasteiger partial charge in [-0.1, -0.05) is 76.2 Å². The molecule has 0 saturated heterocycles. The van der Waals surface area contributed by atoms with Gasteiger partial charge in [0.2, 0.25) is 5.91 Å². The second-order valence-electron chi connectivity index (χ2n) is 7.61. The molecule has 1 heterocycles. The van der Waals surface area contributed by atoms with Crippen LogP contribution < -0.4 is 5.32 Å². The molecule has 4 heteroatoms. The van der Waals surface area contributed by atoms with Crippen LogP contribution >= 0.6 is 11.3 Å². The highest BCUT2D eigenvalue weighted by Crippen LogP contribution is 2.27. The van der Waals surface area contributed by atoms with Crippen molar-refractivity contribution in [1.82, 2.24) is 4.98 Å². The summed E-state index contributed by atoms with van der Waals surface area (Å²) in [6, 6.07) is 16.8. The highest BCUT2D eigenvalue weighted by atomic mass is 32.1. The van der Waals surface area contributed by atoms with E-state index in [2.05, 4.69) is 74.4 Å². The molecule has 29 heavy (non-hydrogen) atoms. The van der Waals surface area contributed by atoms with Gasteiger partial charge in [0.1, 0.15) is 0 Å². The molecule has 150 valence electrons. The number of hydrogen-bond acceptors (Lipinski definition) is 3. The summed E-state index contributed by atoms with van der Waals surface area (Å²) in [7, 11) is 0. The van der Waals surface area contributed by atoms with Gasteiger partial charge in [0, 0.05) is 17.0 Å². The molecule has 0 aliphatic heterocycles. The lowest BCUT2D eigenvalue weighted by atomic mass is 9.97. The van der Waals surface area contributed by atoms with E-state index < -0.39 is 0 Å². The topological polar surface area (TPSA) is 42.0 Å². The zero-order valence-electron chi connectivity index (χ0n) is 17.5. The summed E-state index contributed by atoms with van der Waals surface area (Å²) in [6.45, 7) is 8.77. The molecular weight excluding hydrogens is 376 g/mol. The van der Waals surface area contributed by atoms with Gasteiger partial charge in [-0.3, -0.25) is 10.1 Å². The van der Waals surface area contributed by atoms with Gasteiger partial charge in [0.25, 0.3) is 0 Å². The zero-order valence-corrected chi connectivity index (χ0v) is 18.3. The van der Waals surface area contributed by atoms with Crippen molar-refractivity contribution < 1.29 is 4.79 Å². The second-order valence-corrected chi connectivity index (χ2v) is 8.47. The summed E-state index contributed by atoms with van der Waals surface area (Å²) in [5.41, 5.74) is 5.58. The predicted octanol–water partition coefficient (Wildman–Crippen LogP) is 7.10. The molecule has 1 aromatic heterocycles. The number of amides is 1. The monoisotopic (exact) mass is 404 g/mol. The van der Waals surface area contributed by atoms with E-state index >= 15 is 0 Å². The van der Waals surface area contributed by atoms with Crippen LogP contribution in [0.15, 0.2) is 60.0 Å². The van der Waals surface area contributed by atoms with Gasteiger partial charge in [-0.25, -0.2) is 4.98 Å². The first kappa shape index (κ1) is 21.0. The molecular formula is C25H28N2OS. The molecule has 0 bridgehead atoms. The third-order valence-electron chi connectivity index (χ3n) is 5.15. The molecule has 3 nitrogen and oxygen atoms in total. The van der Waals surface area contributed by atoms with Crippen LogP contribution in [-0.4, -0.2) is 10.9 Å². The average molecular weight is 405 g/mol. The smallest absolute Gasteiger partial charge is 0.250 e. The minimum Gasteiger partial charge on any atom is -0.298 e. The predicted molar refractivity (Wildman–Crippen MR) is 124 cm³/mol. The number of thiazole rings is 1. The molecule has 0 fully saturated rings. The first-order valence-corrected chi connectivity index (χ1v) is 11.0. The number of benzene rings is 2. The number of hydrogen-bond donors (Lipinski definition) is 1. The van der Waals surface area contributed by atoms with Gasteiger partial charge in [0.15, 0.2) is 5.13 Å². The molecule has 1 atom stereocenters. The molecule has 1 N–H and O–H groups in total. The van der Waals surface area contributed by atoms with Crippen molar-refractivity contribution in [1.29, 1.82) is 0 Å². The maximum Gasteiger partial charge on any atom is 0.250 e. The van der Waals surface area contributed by atoms with Crippen LogP contribution in [0.25, 0.3) is 17.3 Å². The van der Waals surface area contributed by atoms with Gasteiger partial charge >= 0.3 is 0 Å². The van der Waals surface area contributed by atoms with Gasteiger partial charge in [-0.05, 0) is 41.0 Å². The third kappa shape index (κ3) is 5.64. The van der Waals surface area contributed by atoms with Crippen LogP contribution in [0.1, 0.15) is 62.6 Å². The van der Waals surface area contributed by atoms with Crippen molar-refractivity contribution in [2.45, 2.75) is 46.0 Å². The summed E-state index contributed by atoms with van der Waals surface area (Å²) in [5, 5.41) is 5.43. The van der Waals surface area contributed by atoms with Crippen LogP contribution in [0.3, 0.4) is 0 Å². The SMILES string of the molecule is CCC(C)c1ccc(-c2csc(NC(=O)C=Cc3ccc(C(C)C)cc3)n2)cc1. The molecule has 0 radical (unpaired) electrons. The Balaban J connectivity index is 1.61. The van der Waals surface area contributed by atoms with E-state index in [0.717, 1.165) is 23.2 Å². The van der Waals surface area contributed by atoms with Crippen molar-refractivity contribution in [2.75, 3.05) is 5.32 Å². The molecule has 0 aliphatic carbocycles. The number of nitrogens with one attached hydrogen (secondary N) is 1. The molecule has 3 rings (SSSR count). The average Bonchev–Trinajstić information content (AvgIpc) is 3.20. The van der Waals surface area contributed by atoms with E-state index in [1.807, 2.05) is 23.6 Å². The van der Waals surface area contributed by atoms with Gasteiger partial charge in [-0.2, -0.15) is 0 Å². The Bertz CT molecular complexity index is 969. The lowest BCUT2D eigenvalue weighted by molar-refractivity contribution is -0.111. The van der Waals surface area contributed by atoms with E-state index in [0.29, 0.717) is 17.0 Å². The number of rotatable bonds is 7. The normalized spacial score (nSPS) is 12.4. The number of carbonyl (C=O) groups is 1. The third-order valence-corrected chi connectivity index (χ3v) is 5.91. The fourth-order valence-electron chi connectivity index (χ4n) is 2.99. The van der Waals surface area contributed by atoms with Crippen LogP contribution in [0.5, 0.6) is 0 Å². The minimum absolute atomic E-state index is 0.175. The fourth-order valence-corrected chi connectivity index (χ4v) is 3.72. The summed E-state index contributed by atoms with van der Waals surface area (Å²) >= 11 is 1.44. The molecule has 3 aromatic rings. The summed E-state index contributed by atoms with van der Waals surface area (Å²) < 4.78 is 0. The Labute approximate surface area is 177 Å². The van der Waals surface area contributed by atoms with Crippen molar-refractivity contribution in [3.05, 3.63) is 76.7 Å². The zero-order chi connectivity index (χ0) is 20.8. The minimum atomic E-state index is -0.175. The lowest BCUT2D eigenvalue weighted by Crippen LogP contribution is -2.07. The molecule has 1 unspecified atom stereocenters. The van der Waals surface area contributed by atoms with E-state index in [9.17, 15) is 4.79 Å². The van der Waals surface area contributed by atoms with E-state index in [4.69, 9.17) is 0 Å². The van der Waals surface area contributed by atoms with E-state index in [1.54, 1.807) is 6.08 Å². The Kier molecular flexibility index (Phi) is 6.99. The highest BCUT2D eigenvalue weighted by Gasteiger charge is 2.08.